The molecule has 32 heavy (non-hydrogen) atoms. The number of piperidine rings is 1. The number of rotatable bonds is 6. The molecule has 166 valence electrons. The zero-order chi connectivity index (χ0) is 22.6. The number of sulfonamides is 1. The molecule has 0 radical (unpaired) electrons. The molecule has 0 saturated carbocycles. The minimum atomic E-state index is -3.53. The predicted octanol–water partition coefficient (Wildman–Crippen LogP) is 4.17. The lowest BCUT2D eigenvalue weighted by molar-refractivity contribution is -0.127. The second kappa shape index (κ2) is 9.27. The van der Waals surface area contributed by atoms with Crippen LogP contribution in [-0.2, 0) is 20.4 Å². The van der Waals surface area contributed by atoms with E-state index in [4.69, 9.17) is 0 Å². The van der Waals surface area contributed by atoms with Crippen LogP contribution in [0.5, 0.6) is 0 Å². The van der Waals surface area contributed by atoms with Crippen LogP contribution in [0, 0.1) is 5.92 Å². The fraction of sp³-hybridized carbons (Fsp3) is 0.269. The molecule has 1 saturated heterocycles. The van der Waals surface area contributed by atoms with Crippen LogP contribution in [0.1, 0.15) is 30.9 Å². The summed E-state index contributed by atoms with van der Waals surface area (Å²) in [5.74, 6) is -0.277. The van der Waals surface area contributed by atoms with Crippen LogP contribution in [0.4, 0.5) is 0 Å². The van der Waals surface area contributed by atoms with Gasteiger partial charge in [0.05, 0.1) is 10.4 Å². The predicted molar refractivity (Wildman–Crippen MR) is 125 cm³/mol. The van der Waals surface area contributed by atoms with Gasteiger partial charge in [-0.1, -0.05) is 78.9 Å². The van der Waals surface area contributed by atoms with E-state index < -0.39 is 15.6 Å². The number of amides is 1. The third kappa shape index (κ3) is 4.47. The standard InChI is InChI=1S/C26H28N2O3S/c1-26(22-11-5-2-6-12-22,23-13-7-3-8-14-23)27-25(29)21-17-19-28(20-18-21)32(30,31)24-15-9-4-10-16-24/h2-16,21H,17-20H2,1H3,(H,27,29). The molecule has 1 amide bonds. The van der Waals surface area contributed by atoms with E-state index in [0.717, 1.165) is 11.1 Å². The Labute approximate surface area is 190 Å². The van der Waals surface area contributed by atoms with Crippen LogP contribution in [0.3, 0.4) is 0 Å². The van der Waals surface area contributed by atoms with E-state index in [1.165, 1.54) is 4.31 Å². The van der Waals surface area contributed by atoms with Gasteiger partial charge in [-0.15, -0.1) is 0 Å². The van der Waals surface area contributed by atoms with E-state index >= 15 is 0 Å². The summed E-state index contributed by atoms with van der Waals surface area (Å²) in [6.07, 6.45) is 0.995. The Morgan fingerprint density at radius 3 is 1.72 bits per heavy atom. The average Bonchev–Trinajstić information content (AvgIpc) is 2.85. The molecule has 1 fully saturated rings. The minimum absolute atomic E-state index is 0.0445. The molecule has 1 aliphatic heterocycles. The molecule has 0 aliphatic carbocycles. The van der Waals surface area contributed by atoms with E-state index in [1.807, 2.05) is 67.6 Å². The Kier molecular flexibility index (Phi) is 6.44. The second-order valence-electron chi connectivity index (χ2n) is 8.34. The Morgan fingerprint density at radius 2 is 1.25 bits per heavy atom. The first-order valence-corrected chi connectivity index (χ1v) is 12.3. The van der Waals surface area contributed by atoms with Gasteiger partial charge in [0, 0.05) is 19.0 Å². The van der Waals surface area contributed by atoms with Crippen molar-refractivity contribution in [2.75, 3.05) is 13.1 Å². The quantitative estimate of drug-likeness (QED) is 0.616. The first-order chi connectivity index (χ1) is 15.4. The minimum Gasteiger partial charge on any atom is -0.343 e. The maximum atomic E-state index is 13.3. The van der Waals surface area contributed by atoms with Crippen LogP contribution in [-0.4, -0.2) is 31.7 Å². The maximum absolute atomic E-state index is 13.3. The largest absolute Gasteiger partial charge is 0.343 e. The van der Waals surface area contributed by atoms with Crippen molar-refractivity contribution in [3.63, 3.8) is 0 Å². The highest BCUT2D eigenvalue weighted by Gasteiger charge is 2.36. The van der Waals surface area contributed by atoms with Crippen LogP contribution < -0.4 is 5.32 Å². The Bertz CT molecular complexity index is 1100. The topological polar surface area (TPSA) is 66.5 Å². The van der Waals surface area contributed by atoms with Gasteiger partial charge in [-0.25, -0.2) is 8.42 Å². The summed E-state index contributed by atoms with van der Waals surface area (Å²) in [6, 6.07) is 28.3. The van der Waals surface area contributed by atoms with Gasteiger partial charge in [-0.05, 0) is 43.0 Å². The van der Waals surface area contributed by atoms with Gasteiger partial charge >= 0.3 is 0 Å². The van der Waals surface area contributed by atoms with E-state index in [1.54, 1.807) is 30.3 Å². The summed E-state index contributed by atoms with van der Waals surface area (Å²) in [4.78, 5) is 13.6. The summed E-state index contributed by atoms with van der Waals surface area (Å²) < 4.78 is 27.3. The lowest BCUT2D eigenvalue weighted by Crippen LogP contribution is -2.49. The summed E-state index contributed by atoms with van der Waals surface area (Å²) in [5, 5.41) is 3.27. The van der Waals surface area contributed by atoms with Gasteiger partial charge < -0.3 is 5.32 Å². The molecule has 3 aromatic rings. The molecule has 0 spiro atoms. The molecule has 4 rings (SSSR count). The van der Waals surface area contributed by atoms with Crippen molar-refractivity contribution >= 4 is 15.9 Å². The fourth-order valence-corrected chi connectivity index (χ4v) is 5.79. The van der Waals surface area contributed by atoms with Crippen LogP contribution >= 0.6 is 0 Å². The van der Waals surface area contributed by atoms with Crippen molar-refractivity contribution in [3.05, 3.63) is 102 Å². The fourth-order valence-electron chi connectivity index (χ4n) is 4.30. The third-order valence-corrected chi connectivity index (χ3v) is 8.19. The first kappa shape index (κ1) is 22.2. The number of hydrogen-bond acceptors (Lipinski definition) is 3. The maximum Gasteiger partial charge on any atom is 0.243 e. The molecule has 1 aliphatic rings. The van der Waals surface area contributed by atoms with Gasteiger partial charge in [-0.2, -0.15) is 4.31 Å². The molecule has 1 N–H and O–H groups in total. The van der Waals surface area contributed by atoms with Gasteiger partial charge in [-0.3, -0.25) is 4.79 Å². The van der Waals surface area contributed by atoms with Crippen LogP contribution in [0.25, 0.3) is 0 Å². The van der Waals surface area contributed by atoms with Crippen LogP contribution in [0.15, 0.2) is 95.9 Å². The summed E-state index contributed by atoms with van der Waals surface area (Å²) in [7, 11) is -3.53. The number of nitrogens with zero attached hydrogens (tertiary/aromatic N) is 1. The highest BCUT2D eigenvalue weighted by Crippen LogP contribution is 2.31. The molecular formula is C26H28N2O3S. The molecular weight excluding hydrogens is 420 g/mol. The molecule has 1 heterocycles. The van der Waals surface area contributed by atoms with Gasteiger partial charge in [0.2, 0.25) is 15.9 Å². The molecule has 3 aromatic carbocycles. The molecule has 0 bridgehead atoms. The number of carbonyl (C=O) groups excluding carboxylic acids is 1. The summed E-state index contributed by atoms with van der Waals surface area (Å²) in [5.41, 5.74) is 1.33. The lowest BCUT2D eigenvalue weighted by Gasteiger charge is -2.36. The number of carbonyl (C=O) groups is 1. The zero-order valence-corrected chi connectivity index (χ0v) is 19.0. The molecule has 0 atom stereocenters. The van der Waals surface area contributed by atoms with E-state index in [0.29, 0.717) is 30.8 Å². The van der Waals surface area contributed by atoms with Crippen molar-refractivity contribution < 1.29 is 13.2 Å². The van der Waals surface area contributed by atoms with Crippen molar-refractivity contribution in [3.8, 4) is 0 Å². The van der Waals surface area contributed by atoms with Gasteiger partial charge in [0.25, 0.3) is 0 Å². The van der Waals surface area contributed by atoms with Crippen molar-refractivity contribution in [1.29, 1.82) is 0 Å². The Morgan fingerprint density at radius 1 is 0.812 bits per heavy atom. The summed E-state index contributed by atoms with van der Waals surface area (Å²) >= 11 is 0. The van der Waals surface area contributed by atoms with E-state index in [2.05, 4.69) is 5.32 Å². The summed E-state index contributed by atoms with van der Waals surface area (Å²) in [6.45, 7) is 2.69. The van der Waals surface area contributed by atoms with Gasteiger partial charge in [0.15, 0.2) is 0 Å². The lowest BCUT2D eigenvalue weighted by atomic mass is 9.83. The van der Waals surface area contributed by atoms with E-state index in [-0.39, 0.29) is 11.8 Å². The van der Waals surface area contributed by atoms with Gasteiger partial charge in [0.1, 0.15) is 0 Å². The molecule has 0 unspecified atom stereocenters. The molecule has 6 heteroatoms. The molecule has 0 aromatic heterocycles. The zero-order valence-electron chi connectivity index (χ0n) is 18.1. The highest BCUT2D eigenvalue weighted by atomic mass is 32.2. The Hall–Kier alpha value is -2.96. The normalized spacial score (nSPS) is 15.9. The Balaban J connectivity index is 1.49. The van der Waals surface area contributed by atoms with Crippen molar-refractivity contribution in [2.45, 2.75) is 30.2 Å². The van der Waals surface area contributed by atoms with Crippen molar-refractivity contribution in [2.24, 2.45) is 5.92 Å². The van der Waals surface area contributed by atoms with Crippen molar-refractivity contribution in [1.82, 2.24) is 9.62 Å². The number of nitrogens with one attached hydrogen (secondary N) is 1. The number of benzene rings is 3. The average molecular weight is 449 g/mol. The SMILES string of the molecule is CC(NC(=O)C1CCN(S(=O)(=O)c2ccccc2)CC1)(c1ccccc1)c1ccccc1. The molecule has 5 nitrogen and oxygen atoms in total. The smallest absolute Gasteiger partial charge is 0.243 e. The number of hydrogen-bond donors (Lipinski definition) is 1. The highest BCUT2D eigenvalue weighted by molar-refractivity contribution is 7.89. The third-order valence-electron chi connectivity index (χ3n) is 6.28. The monoisotopic (exact) mass is 448 g/mol. The van der Waals surface area contributed by atoms with E-state index in [9.17, 15) is 13.2 Å². The first-order valence-electron chi connectivity index (χ1n) is 10.9. The van der Waals surface area contributed by atoms with Crippen LogP contribution in [0.2, 0.25) is 0 Å². The second-order valence-corrected chi connectivity index (χ2v) is 10.3.